The highest BCUT2D eigenvalue weighted by Crippen LogP contribution is 2.30. The van der Waals surface area contributed by atoms with Crippen molar-refractivity contribution in [2.45, 2.75) is 0 Å². The molecule has 2 N–H and O–H groups in total. The van der Waals surface area contributed by atoms with E-state index in [1.54, 1.807) is 0 Å². The fourth-order valence-electron chi connectivity index (χ4n) is 3.76. The van der Waals surface area contributed by atoms with E-state index in [1.807, 2.05) is 42.6 Å². The predicted molar refractivity (Wildman–Crippen MR) is 123 cm³/mol. The summed E-state index contributed by atoms with van der Waals surface area (Å²) in [6.07, 6.45) is 1.96. The lowest BCUT2D eigenvalue weighted by atomic mass is 10.1. The summed E-state index contributed by atoms with van der Waals surface area (Å²) in [5, 5.41) is 4.48. The number of para-hydroxylation sites is 1. The summed E-state index contributed by atoms with van der Waals surface area (Å²) in [6, 6.07) is 20.2. The highest BCUT2D eigenvalue weighted by molar-refractivity contribution is 5.94. The smallest absolute Gasteiger partial charge is 0.225 e. The molecule has 4 aromatic rings. The van der Waals surface area contributed by atoms with Gasteiger partial charge >= 0.3 is 0 Å². The minimum atomic E-state index is 0.526. The molecule has 1 aliphatic rings. The third-order valence-corrected chi connectivity index (χ3v) is 5.32. The van der Waals surface area contributed by atoms with E-state index < -0.39 is 0 Å². The molecule has 5 rings (SSSR count). The van der Waals surface area contributed by atoms with E-state index in [1.165, 1.54) is 0 Å². The summed E-state index contributed by atoms with van der Waals surface area (Å²) in [4.78, 5) is 15.1. The van der Waals surface area contributed by atoms with Crippen molar-refractivity contribution in [3.8, 4) is 17.0 Å². The first-order valence-electron chi connectivity index (χ1n) is 10.6. The fraction of sp³-hybridized carbons (Fsp3) is 0.250. The molecule has 1 aliphatic heterocycles. The normalized spacial score (nSPS) is 14.0. The van der Waals surface area contributed by atoms with Crippen LogP contribution < -0.4 is 15.0 Å². The van der Waals surface area contributed by atoms with E-state index >= 15 is 0 Å². The average Bonchev–Trinajstić information content (AvgIpc) is 3.32. The second-order valence-electron chi connectivity index (χ2n) is 7.37. The Bertz CT molecular complexity index is 1140. The molecule has 1 saturated heterocycles. The quantitative estimate of drug-likeness (QED) is 0.445. The summed E-state index contributed by atoms with van der Waals surface area (Å²) in [7, 11) is 0. The van der Waals surface area contributed by atoms with Crippen LogP contribution in [0.1, 0.15) is 0 Å². The lowest BCUT2D eigenvalue weighted by molar-refractivity contribution is 0.122. The summed E-state index contributed by atoms with van der Waals surface area (Å²) in [5.74, 6) is 2.36. The van der Waals surface area contributed by atoms with Crippen molar-refractivity contribution < 1.29 is 9.47 Å². The van der Waals surface area contributed by atoms with Crippen LogP contribution in [0.5, 0.6) is 5.75 Å². The Balaban J connectivity index is 1.40. The number of hydrogen-bond acceptors (Lipinski definition) is 6. The number of hydrogen-bond donors (Lipinski definition) is 2. The maximum absolute atomic E-state index is 5.79. The first-order chi connectivity index (χ1) is 15.4. The molecule has 0 atom stereocenters. The van der Waals surface area contributed by atoms with Crippen LogP contribution >= 0.6 is 0 Å². The molecule has 0 saturated carbocycles. The number of rotatable bonds is 7. The van der Waals surface area contributed by atoms with Gasteiger partial charge in [-0.25, -0.2) is 4.98 Å². The molecule has 7 nitrogen and oxygen atoms in total. The number of nitrogens with one attached hydrogen (secondary N) is 2. The third-order valence-electron chi connectivity index (χ3n) is 5.32. The number of H-pyrrole nitrogens is 1. The molecular weight excluding hydrogens is 390 g/mol. The van der Waals surface area contributed by atoms with Gasteiger partial charge in [0, 0.05) is 41.8 Å². The average molecular weight is 415 g/mol. The summed E-state index contributed by atoms with van der Waals surface area (Å²) < 4.78 is 11.3. The number of benzene rings is 2. The topological polar surface area (TPSA) is 75.3 Å². The summed E-state index contributed by atoms with van der Waals surface area (Å²) >= 11 is 0. The molecule has 3 heterocycles. The third kappa shape index (κ3) is 4.46. The van der Waals surface area contributed by atoms with E-state index in [4.69, 9.17) is 19.4 Å². The Kier molecular flexibility index (Phi) is 5.66. The van der Waals surface area contributed by atoms with Crippen molar-refractivity contribution in [3.05, 3.63) is 66.9 Å². The van der Waals surface area contributed by atoms with Crippen molar-refractivity contribution >= 4 is 22.7 Å². The van der Waals surface area contributed by atoms with Gasteiger partial charge in [-0.15, -0.1) is 0 Å². The molecule has 0 amide bonds. The molecule has 0 radical (unpaired) electrons. The van der Waals surface area contributed by atoms with Crippen LogP contribution in [0.15, 0.2) is 66.9 Å². The van der Waals surface area contributed by atoms with Gasteiger partial charge in [-0.1, -0.05) is 30.3 Å². The van der Waals surface area contributed by atoms with Crippen LogP contribution in [0.4, 0.5) is 11.8 Å². The predicted octanol–water partition coefficient (Wildman–Crippen LogP) is 3.95. The second-order valence-corrected chi connectivity index (χ2v) is 7.37. The van der Waals surface area contributed by atoms with Gasteiger partial charge in [0.05, 0.1) is 25.5 Å². The van der Waals surface area contributed by atoms with Gasteiger partial charge in [0.25, 0.3) is 0 Å². The van der Waals surface area contributed by atoms with E-state index in [0.717, 1.165) is 46.8 Å². The molecule has 1 fully saturated rings. The van der Waals surface area contributed by atoms with Gasteiger partial charge in [-0.2, -0.15) is 4.98 Å². The number of aromatic amines is 1. The van der Waals surface area contributed by atoms with Crippen LogP contribution in [0.3, 0.4) is 0 Å². The molecular formula is C24H25N5O2. The molecule has 0 spiro atoms. The summed E-state index contributed by atoms with van der Waals surface area (Å²) in [5.41, 5.74) is 3.07. The first kappa shape index (κ1) is 19.4. The number of nitrogens with zero attached hydrogens (tertiary/aromatic N) is 3. The lowest BCUT2D eigenvalue weighted by Crippen LogP contribution is -2.37. The largest absolute Gasteiger partial charge is 0.492 e. The van der Waals surface area contributed by atoms with Crippen molar-refractivity contribution in [2.75, 3.05) is 49.7 Å². The van der Waals surface area contributed by atoms with Gasteiger partial charge < -0.3 is 24.7 Å². The van der Waals surface area contributed by atoms with Crippen molar-refractivity contribution in [1.29, 1.82) is 0 Å². The fourth-order valence-corrected chi connectivity index (χ4v) is 3.76. The highest BCUT2D eigenvalue weighted by atomic mass is 16.5. The zero-order valence-electron chi connectivity index (χ0n) is 17.3. The maximum atomic E-state index is 5.79. The van der Waals surface area contributed by atoms with Crippen LogP contribution in [0.25, 0.3) is 22.2 Å². The van der Waals surface area contributed by atoms with Crippen LogP contribution in [0.2, 0.25) is 0 Å². The number of ether oxygens (including phenoxy) is 2. The number of fused-ring (bicyclic) bond motifs is 1. The van der Waals surface area contributed by atoms with Crippen LogP contribution in [-0.2, 0) is 4.74 Å². The van der Waals surface area contributed by atoms with Gasteiger partial charge in [-0.05, 0) is 24.3 Å². The summed E-state index contributed by atoms with van der Waals surface area (Å²) in [6.45, 7) is 4.19. The number of morpholine rings is 1. The number of aromatic nitrogens is 3. The lowest BCUT2D eigenvalue weighted by Gasteiger charge is -2.28. The van der Waals surface area contributed by atoms with Crippen LogP contribution in [0, 0.1) is 0 Å². The highest BCUT2D eigenvalue weighted by Gasteiger charge is 2.16. The number of anilines is 2. The molecule has 7 heteroatoms. The molecule has 2 aromatic carbocycles. The molecule has 31 heavy (non-hydrogen) atoms. The Morgan fingerprint density at radius 1 is 1.00 bits per heavy atom. The molecule has 0 aliphatic carbocycles. The molecule has 0 bridgehead atoms. The van der Waals surface area contributed by atoms with E-state index in [2.05, 4.69) is 39.5 Å². The molecule has 158 valence electrons. The SMILES string of the molecule is c1ccc(OCCNc2nc(-c3cccc4[nH]ccc34)cc(N3CCOCC3)n2)cc1. The van der Waals surface area contributed by atoms with E-state index in [-0.39, 0.29) is 0 Å². The van der Waals surface area contributed by atoms with Crippen LogP contribution in [-0.4, -0.2) is 54.4 Å². The Morgan fingerprint density at radius 3 is 2.74 bits per heavy atom. The van der Waals surface area contributed by atoms with Crippen molar-refractivity contribution in [2.24, 2.45) is 0 Å². The monoisotopic (exact) mass is 415 g/mol. The van der Waals surface area contributed by atoms with E-state index in [9.17, 15) is 0 Å². The van der Waals surface area contributed by atoms with Crippen molar-refractivity contribution in [1.82, 2.24) is 15.0 Å². The Morgan fingerprint density at radius 2 is 1.87 bits per heavy atom. The van der Waals surface area contributed by atoms with Gasteiger partial charge in [0.15, 0.2) is 0 Å². The molecule has 2 aromatic heterocycles. The second kappa shape index (κ2) is 9.06. The zero-order chi connectivity index (χ0) is 20.9. The van der Waals surface area contributed by atoms with Crippen molar-refractivity contribution in [3.63, 3.8) is 0 Å². The standard InChI is InChI=1S/C24H25N5O2/c1-2-5-18(6-3-1)31-14-11-26-24-27-22(17-23(28-24)29-12-15-30-16-13-29)19-7-4-8-21-20(19)9-10-25-21/h1-10,17,25H,11-16H2,(H,26,27,28). The minimum Gasteiger partial charge on any atom is -0.492 e. The molecule has 0 unspecified atom stereocenters. The minimum absolute atomic E-state index is 0.526. The van der Waals surface area contributed by atoms with Gasteiger partial charge in [0.1, 0.15) is 18.2 Å². The van der Waals surface area contributed by atoms with E-state index in [0.29, 0.717) is 32.3 Å². The van der Waals surface area contributed by atoms with Gasteiger partial charge in [-0.3, -0.25) is 0 Å². The zero-order valence-corrected chi connectivity index (χ0v) is 17.3. The Labute approximate surface area is 181 Å². The first-order valence-corrected chi connectivity index (χ1v) is 10.6. The maximum Gasteiger partial charge on any atom is 0.225 e. The van der Waals surface area contributed by atoms with Gasteiger partial charge in [0.2, 0.25) is 5.95 Å². The Hall–Kier alpha value is -3.58.